The highest BCUT2D eigenvalue weighted by atomic mass is 35.5. The quantitative estimate of drug-likeness (QED) is 0.770. The molecule has 1 unspecified atom stereocenters. The van der Waals surface area contributed by atoms with E-state index < -0.39 is 13.4 Å². The predicted molar refractivity (Wildman–Crippen MR) is 88.4 cm³/mol. The van der Waals surface area contributed by atoms with Crippen LogP contribution in [0.25, 0.3) is 0 Å². The lowest BCUT2D eigenvalue weighted by molar-refractivity contribution is 0.0978. The average Bonchev–Trinajstić information content (AvgIpc) is 2.47. The second-order valence-corrected chi connectivity index (χ2v) is 7.09. The van der Waals surface area contributed by atoms with Crippen LogP contribution in [0.15, 0.2) is 71.0 Å². The second-order valence-electron chi connectivity index (χ2n) is 4.23. The van der Waals surface area contributed by atoms with Crippen molar-refractivity contribution in [2.24, 2.45) is 0 Å². The smallest absolute Gasteiger partial charge is 0.369 e. The van der Waals surface area contributed by atoms with Gasteiger partial charge in [-0.1, -0.05) is 59.6 Å². The van der Waals surface area contributed by atoms with E-state index in [0.717, 1.165) is 5.82 Å². The van der Waals surface area contributed by atoms with Gasteiger partial charge in [0.05, 0.1) is 5.82 Å². The Kier molecular flexibility index (Phi) is 5.67. The zero-order chi connectivity index (χ0) is 16.0. The number of amides is 1. The summed E-state index contributed by atoms with van der Waals surface area (Å²) in [6.07, 6.45) is 0. The third-order valence-corrected chi connectivity index (χ3v) is 4.66. The van der Waals surface area contributed by atoms with Gasteiger partial charge in [-0.2, -0.15) is 0 Å². The molecule has 0 aromatic heterocycles. The lowest BCUT2D eigenvalue weighted by Crippen LogP contribution is -2.22. The SMILES string of the molecule is O=C(NP(=O)(C=C(Cl)Cl)Oc1ccccc1)c1ccccc1. The van der Waals surface area contributed by atoms with E-state index in [1.54, 1.807) is 60.7 Å². The van der Waals surface area contributed by atoms with Crippen LogP contribution in [-0.2, 0) is 4.57 Å². The van der Waals surface area contributed by atoms with Crippen LogP contribution in [0.4, 0.5) is 0 Å². The summed E-state index contributed by atoms with van der Waals surface area (Å²) in [5.74, 6) is 0.764. The number of carbonyl (C=O) groups excluding carboxylic acids is 1. The molecule has 2 aromatic rings. The van der Waals surface area contributed by atoms with Gasteiger partial charge in [0.1, 0.15) is 10.2 Å². The molecule has 2 aromatic carbocycles. The molecule has 2 rings (SSSR count). The maximum absolute atomic E-state index is 12.8. The van der Waals surface area contributed by atoms with Gasteiger partial charge < -0.3 is 4.52 Å². The van der Waals surface area contributed by atoms with Gasteiger partial charge in [0.25, 0.3) is 5.91 Å². The molecule has 22 heavy (non-hydrogen) atoms. The van der Waals surface area contributed by atoms with Crippen molar-refractivity contribution in [3.05, 3.63) is 76.5 Å². The lowest BCUT2D eigenvalue weighted by Gasteiger charge is -2.17. The van der Waals surface area contributed by atoms with Crippen molar-refractivity contribution in [3.63, 3.8) is 0 Å². The number of benzene rings is 2. The molecule has 1 N–H and O–H groups in total. The summed E-state index contributed by atoms with van der Waals surface area (Å²) >= 11 is 11.2. The molecule has 0 aliphatic heterocycles. The van der Waals surface area contributed by atoms with Crippen LogP contribution in [0.2, 0.25) is 0 Å². The van der Waals surface area contributed by atoms with E-state index in [4.69, 9.17) is 27.7 Å². The molecular formula is C15H12Cl2NO3P. The predicted octanol–water partition coefficient (Wildman–Crippen LogP) is 4.97. The Morgan fingerprint density at radius 3 is 2.09 bits per heavy atom. The molecule has 0 aliphatic carbocycles. The van der Waals surface area contributed by atoms with E-state index in [0.29, 0.717) is 11.3 Å². The summed E-state index contributed by atoms with van der Waals surface area (Å²) in [5.41, 5.74) is 0.346. The van der Waals surface area contributed by atoms with Gasteiger partial charge in [-0.3, -0.25) is 9.88 Å². The van der Waals surface area contributed by atoms with Crippen LogP contribution < -0.4 is 9.61 Å². The summed E-state index contributed by atoms with van der Waals surface area (Å²) in [4.78, 5) is 12.2. The Hall–Kier alpha value is -1.74. The van der Waals surface area contributed by atoms with Crippen molar-refractivity contribution in [1.29, 1.82) is 0 Å². The number of hydrogen-bond donors (Lipinski definition) is 1. The Morgan fingerprint density at radius 1 is 1.00 bits per heavy atom. The average molecular weight is 356 g/mol. The summed E-state index contributed by atoms with van der Waals surface area (Å²) in [7, 11) is -3.74. The number of nitrogens with one attached hydrogen (secondary N) is 1. The maximum atomic E-state index is 12.8. The van der Waals surface area contributed by atoms with E-state index in [1.807, 2.05) is 0 Å². The van der Waals surface area contributed by atoms with E-state index in [1.165, 1.54) is 0 Å². The fourth-order valence-corrected chi connectivity index (χ4v) is 3.68. The highest BCUT2D eigenvalue weighted by Crippen LogP contribution is 2.46. The summed E-state index contributed by atoms with van der Waals surface area (Å²) < 4.78 is 17.9. The molecule has 0 fully saturated rings. The third kappa shape index (κ3) is 4.92. The minimum atomic E-state index is -3.74. The Morgan fingerprint density at radius 2 is 1.55 bits per heavy atom. The minimum Gasteiger partial charge on any atom is -0.426 e. The van der Waals surface area contributed by atoms with E-state index in [-0.39, 0.29) is 4.49 Å². The normalized spacial score (nSPS) is 12.8. The molecule has 0 saturated carbocycles. The molecule has 1 amide bonds. The Bertz CT molecular complexity index is 716. The topological polar surface area (TPSA) is 55.4 Å². The summed E-state index contributed by atoms with van der Waals surface area (Å²) in [5, 5.41) is 2.34. The number of hydrogen-bond acceptors (Lipinski definition) is 3. The van der Waals surface area contributed by atoms with Gasteiger partial charge in [0, 0.05) is 5.56 Å². The monoisotopic (exact) mass is 355 g/mol. The first kappa shape index (κ1) is 16.6. The molecule has 0 spiro atoms. The van der Waals surface area contributed by atoms with Crippen LogP contribution in [0.5, 0.6) is 5.75 Å². The molecule has 7 heteroatoms. The number of para-hydroxylation sites is 1. The Balaban J connectivity index is 2.25. The zero-order valence-corrected chi connectivity index (χ0v) is 13.7. The van der Waals surface area contributed by atoms with E-state index in [2.05, 4.69) is 5.09 Å². The van der Waals surface area contributed by atoms with Gasteiger partial charge >= 0.3 is 7.52 Å². The molecule has 0 radical (unpaired) electrons. The molecule has 0 saturated heterocycles. The van der Waals surface area contributed by atoms with Crippen molar-refractivity contribution in [1.82, 2.24) is 5.09 Å². The van der Waals surface area contributed by atoms with Crippen LogP contribution in [0, 0.1) is 0 Å². The van der Waals surface area contributed by atoms with Gasteiger partial charge in [0.2, 0.25) is 0 Å². The molecule has 4 nitrogen and oxygen atoms in total. The number of rotatable bonds is 5. The fourth-order valence-electron chi connectivity index (χ4n) is 1.64. The molecular weight excluding hydrogens is 344 g/mol. The van der Waals surface area contributed by atoms with Crippen molar-refractivity contribution < 1.29 is 13.9 Å². The van der Waals surface area contributed by atoms with Crippen LogP contribution in [-0.4, -0.2) is 5.91 Å². The molecule has 114 valence electrons. The van der Waals surface area contributed by atoms with E-state index >= 15 is 0 Å². The first-order chi connectivity index (χ1) is 10.5. The highest BCUT2D eigenvalue weighted by molar-refractivity contribution is 7.61. The molecule has 0 heterocycles. The number of halogens is 2. The fraction of sp³-hybridized carbons (Fsp3) is 0. The lowest BCUT2D eigenvalue weighted by atomic mass is 10.2. The molecule has 1 atom stereocenters. The number of carbonyl (C=O) groups is 1. The molecule has 0 bridgehead atoms. The maximum Gasteiger partial charge on any atom is 0.369 e. The van der Waals surface area contributed by atoms with Gasteiger partial charge in [0.15, 0.2) is 0 Å². The van der Waals surface area contributed by atoms with Crippen molar-refractivity contribution in [2.45, 2.75) is 0 Å². The zero-order valence-electron chi connectivity index (χ0n) is 11.3. The van der Waals surface area contributed by atoms with Crippen LogP contribution in [0.3, 0.4) is 0 Å². The Labute approximate surface area is 138 Å². The van der Waals surface area contributed by atoms with Crippen molar-refractivity contribution >= 4 is 36.6 Å². The molecule has 0 aliphatic rings. The van der Waals surface area contributed by atoms with Crippen molar-refractivity contribution in [3.8, 4) is 5.75 Å². The standard InChI is InChI=1S/C15H12Cl2NO3P/c16-14(17)11-22(20,21-13-9-5-2-6-10-13)18-15(19)12-7-3-1-4-8-12/h1-11H,(H,18,19,20). The van der Waals surface area contributed by atoms with Gasteiger partial charge in [-0.15, -0.1) is 0 Å². The van der Waals surface area contributed by atoms with Crippen LogP contribution >= 0.6 is 30.7 Å². The summed E-state index contributed by atoms with van der Waals surface area (Å²) in [6, 6.07) is 16.8. The first-order valence-corrected chi connectivity index (χ1v) is 8.69. The van der Waals surface area contributed by atoms with Gasteiger partial charge in [-0.05, 0) is 24.3 Å². The van der Waals surface area contributed by atoms with Gasteiger partial charge in [-0.25, -0.2) is 4.57 Å². The van der Waals surface area contributed by atoms with Crippen molar-refractivity contribution in [2.75, 3.05) is 0 Å². The van der Waals surface area contributed by atoms with Crippen LogP contribution in [0.1, 0.15) is 10.4 Å². The largest absolute Gasteiger partial charge is 0.426 e. The highest BCUT2D eigenvalue weighted by Gasteiger charge is 2.26. The minimum absolute atomic E-state index is 0.257. The summed E-state index contributed by atoms with van der Waals surface area (Å²) in [6.45, 7) is 0. The van der Waals surface area contributed by atoms with E-state index in [9.17, 15) is 9.36 Å². The second kappa shape index (κ2) is 7.50. The first-order valence-electron chi connectivity index (χ1n) is 6.24. The third-order valence-electron chi connectivity index (χ3n) is 2.55.